The van der Waals surface area contributed by atoms with Gasteiger partial charge < -0.3 is 4.74 Å². The van der Waals surface area contributed by atoms with Crippen LogP contribution < -0.4 is 0 Å². The molecule has 0 aliphatic heterocycles. The zero-order valence-electron chi connectivity index (χ0n) is 11.6. The van der Waals surface area contributed by atoms with Gasteiger partial charge in [-0.25, -0.2) is 0 Å². The van der Waals surface area contributed by atoms with Crippen molar-refractivity contribution in [3.63, 3.8) is 0 Å². The number of Topliss-reactive ketones (excluding diaryl/α,β-unsaturated/α-hetero) is 1. The maximum Gasteiger partial charge on any atom is 0.144 e. The van der Waals surface area contributed by atoms with E-state index in [1.54, 1.807) is 0 Å². The van der Waals surface area contributed by atoms with Crippen molar-refractivity contribution in [1.82, 2.24) is 0 Å². The molecule has 3 unspecified atom stereocenters. The van der Waals surface area contributed by atoms with Crippen molar-refractivity contribution in [1.29, 1.82) is 0 Å². The number of ketones is 1. The molecule has 3 rings (SSSR count). The van der Waals surface area contributed by atoms with Crippen LogP contribution in [0.1, 0.15) is 71.1 Å². The minimum Gasteiger partial charge on any atom is -0.373 e. The maximum absolute atomic E-state index is 12.1. The zero-order chi connectivity index (χ0) is 12.6. The number of rotatable bonds is 2. The molecule has 0 amide bonds. The monoisotopic (exact) mass is 250 g/mol. The second-order valence-electron chi connectivity index (χ2n) is 6.77. The molecule has 0 aromatic heterocycles. The standard InChI is InChI=1S/C16H26O2/c1-12-7-3-4-8-13(12)18-15-11-14(17)16(15)9-5-2-6-10-16/h12-13,15H,2-11H2,1H3. The van der Waals surface area contributed by atoms with E-state index < -0.39 is 0 Å². The van der Waals surface area contributed by atoms with Crippen molar-refractivity contribution in [2.45, 2.75) is 83.3 Å². The Hall–Kier alpha value is -0.370. The van der Waals surface area contributed by atoms with Crippen LogP contribution in [0.5, 0.6) is 0 Å². The third-order valence-corrected chi connectivity index (χ3v) is 5.66. The van der Waals surface area contributed by atoms with Gasteiger partial charge in [0.25, 0.3) is 0 Å². The van der Waals surface area contributed by atoms with Crippen molar-refractivity contribution in [3.05, 3.63) is 0 Å². The highest BCUT2D eigenvalue weighted by Crippen LogP contribution is 2.51. The Morgan fingerprint density at radius 3 is 2.44 bits per heavy atom. The summed E-state index contributed by atoms with van der Waals surface area (Å²) < 4.78 is 6.38. The molecule has 0 N–H and O–H groups in total. The molecule has 0 bridgehead atoms. The largest absolute Gasteiger partial charge is 0.373 e. The Balaban J connectivity index is 1.64. The van der Waals surface area contributed by atoms with Crippen molar-refractivity contribution >= 4 is 5.78 Å². The van der Waals surface area contributed by atoms with Gasteiger partial charge in [-0.3, -0.25) is 4.79 Å². The van der Waals surface area contributed by atoms with Crippen molar-refractivity contribution in [2.24, 2.45) is 11.3 Å². The Bertz CT molecular complexity index is 317. The topological polar surface area (TPSA) is 26.3 Å². The van der Waals surface area contributed by atoms with Crippen LogP contribution in [0.15, 0.2) is 0 Å². The summed E-state index contributed by atoms with van der Waals surface area (Å²) in [5, 5.41) is 0. The first kappa shape index (κ1) is 12.7. The summed E-state index contributed by atoms with van der Waals surface area (Å²) in [5.41, 5.74) is -0.0462. The maximum atomic E-state index is 12.1. The summed E-state index contributed by atoms with van der Waals surface area (Å²) in [6, 6.07) is 0. The van der Waals surface area contributed by atoms with Crippen LogP contribution in [-0.2, 0) is 9.53 Å². The quantitative estimate of drug-likeness (QED) is 0.743. The first-order valence-corrected chi connectivity index (χ1v) is 7.91. The highest BCUT2D eigenvalue weighted by Gasteiger charge is 2.56. The molecule has 102 valence electrons. The summed E-state index contributed by atoms with van der Waals surface area (Å²) in [6.07, 6.45) is 12.5. The summed E-state index contributed by atoms with van der Waals surface area (Å²) in [7, 11) is 0. The van der Waals surface area contributed by atoms with Crippen LogP contribution in [-0.4, -0.2) is 18.0 Å². The molecule has 1 spiro atoms. The predicted molar refractivity (Wildman–Crippen MR) is 71.4 cm³/mol. The minimum atomic E-state index is -0.0462. The lowest BCUT2D eigenvalue weighted by atomic mass is 9.57. The second kappa shape index (κ2) is 4.96. The van der Waals surface area contributed by atoms with Crippen LogP contribution in [0, 0.1) is 11.3 Å². The van der Waals surface area contributed by atoms with E-state index in [-0.39, 0.29) is 11.5 Å². The average molecular weight is 250 g/mol. The molecule has 2 nitrogen and oxygen atoms in total. The highest BCUT2D eigenvalue weighted by molar-refractivity contribution is 5.92. The van der Waals surface area contributed by atoms with Crippen LogP contribution in [0.4, 0.5) is 0 Å². The van der Waals surface area contributed by atoms with Gasteiger partial charge in [0.2, 0.25) is 0 Å². The van der Waals surface area contributed by atoms with Gasteiger partial charge in [0.05, 0.1) is 17.6 Å². The smallest absolute Gasteiger partial charge is 0.144 e. The fourth-order valence-electron chi connectivity index (χ4n) is 4.27. The first-order chi connectivity index (χ1) is 8.72. The lowest BCUT2D eigenvalue weighted by molar-refractivity contribution is -0.184. The summed E-state index contributed by atoms with van der Waals surface area (Å²) in [5.74, 6) is 1.19. The molecule has 3 aliphatic carbocycles. The van der Waals surface area contributed by atoms with Crippen molar-refractivity contribution in [3.8, 4) is 0 Å². The van der Waals surface area contributed by atoms with Gasteiger partial charge in [-0.1, -0.05) is 39.0 Å². The van der Waals surface area contributed by atoms with Crippen LogP contribution in [0.2, 0.25) is 0 Å². The third-order valence-electron chi connectivity index (χ3n) is 5.66. The highest BCUT2D eigenvalue weighted by atomic mass is 16.5. The van der Waals surface area contributed by atoms with Crippen molar-refractivity contribution in [2.75, 3.05) is 0 Å². The summed E-state index contributed by atoms with van der Waals surface area (Å²) in [4.78, 5) is 12.1. The molecule has 3 atom stereocenters. The molecule has 0 radical (unpaired) electrons. The van der Waals surface area contributed by atoms with Crippen LogP contribution in [0.25, 0.3) is 0 Å². The van der Waals surface area contributed by atoms with E-state index in [0.29, 0.717) is 24.2 Å². The van der Waals surface area contributed by atoms with E-state index in [1.807, 2.05) is 0 Å². The Labute approximate surface area is 110 Å². The van der Waals surface area contributed by atoms with Crippen LogP contribution >= 0.6 is 0 Å². The number of hydrogen-bond acceptors (Lipinski definition) is 2. The average Bonchev–Trinajstić information content (AvgIpc) is 2.41. The Morgan fingerprint density at radius 2 is 1.78 bits per heavy atom. The molecule has 0 aromatic carbocycles. The van der Waals surface area contributed by atoms with E-state index in [9.17, 15) is 4.79 Å². The van der Waals surface area contributed by atoms with Crippen LogP contribution in [0.3, 0.4) is 0 Å². The molecule has 3 fully saturated rings. The number of carbonyl (C=O) groups excluding carboxylic acids is 1. The van der Waals surface area contributed by atoms with Gasteiger partial charge >= 0.3 is 0 Å². The Morgan fingerprint density at radius 1 is 1.06 bits per heavy atom. The lowest BCUT2D eigenvalue weighted by Crippen LogP contribution is -2.57. The summed E-state index contributed by atoms with van der Waals surface area (Å²) >= 11 is 0. The fourth-order valence-corrected chi connectivity index (χ4v) is 4.27. The van der Waals surface area contributed by atoms with Gasteiger partial charge in [-0.15, -0.1) is 0 Å². The fraction of sp³-hybridized carbons (Fsp3) is 0.938. The van der Waals surface area contributed by atoms with Gasteiger partial charge in [0, 0.05) is 6.42 Å². The van der Waals surface area contributed by atoms with Gasteiger partial charge in [0.1, 0.15) is 5.78 Å². The molecular weight excluding hydrogens is 224 g/mol. The summed E-state index contributed by atoms with van der Waals surface area (Å²) in [6.45, 7) is 2.32. The minimum absolute atomic E-state index is 0.0462. The predicted octanol–water partition coefficient (Wildman–Crippen LogP) is 3.87. The molecule has 0 saturated heterocycles. The van der Waals surface area contributed by atoms with Gasteiger partial charge in [-0.2, -0.15) is 0 Å². The van der Waals surface area contributed by atoms with E-state index in [2.05, 4.69) is 6.92 Å². The molecular formula is C16H26O2. The second-order valence-corrected chi connectivity index (χ2v) is 6.77. The van der Waals surface area contributed by atoms with E-state index in [4.69, 9.17) is 4.74 Å². The molecule has 3 aliphatic rings. The molecule has 0 heterocycles. The van der Waals surface area contributed by atoms with Crippen molar-refractivity contribution < 1.29 is 9.53 Å². The number of hydrogen-bond donors (Lipinski definition) is 0. The number of carbonyl (C=O) groups is 1. The Kier molecular flexibility index (Phi) is 3.48. The SMILES string of the molecule is CC1CCCCC1OC1CC(=O)C12CCCCC2. The van der Waals surface area contributed by atoms with E-state index in [1.165, 1.54) is 44.9 Å². The molecule has 18 heavy (non-hydrogen) atoms. The lowest BCUT2D eigenvalue weighted by Gasteiger charge is -2.51. The van der Waals surface area contributed by atoms with Gasteiger partial charge in [-0.05, 0) is 31.6 Å². The third kappa shape index (κ3) is 2.03. The van der Waals surface area contributed by atoms with E-state index in [0.717, 1.165) is 12.8 Å². The molecule has 2 heteroatoms. The first-order valence-electron chi connectivity index (χ1n) is 7.91. The zero-order valence-corrected chi connectivity index (χ0v) is 11.6. The molecule has 3 saturated carbocycles. The normalized spacial score (nSPS) is 39.6. The number of ether oxygens (including phenoxy) is 1. The molecule has 0 aromatic rings. The van der Waals surface area contributed by atoms with E-state index >= 15 is 0 Å². The van der Waals surface area contributed by atoms with Gasteiger partial charge in [0.15, 0.2) is 0 Å².